The van der Waals surface area contributed by atoms with Gasteiger partial charge in [-0.05, 0) is 40.8 Å². The summed E-state index contributed by atoms with van der Waals surface area (Å²) in [5.74, 6) is -1.40. The second-order valence-corrected chi connectivity index (χ2v) is 11.0. The number of β-amino-alcohol motifs (C(OH)–C–C–N with tert-alkyl or cyclic N) is 1. The van der Waals surface area contributed by atoms with Gasteiger partial charge in [0.15, 0.2) is 6.29 Å². The summed E-state index contributed by atoms with van der Waals surface area (Å²) < 4.78 is 41.2. The SMILES string of the molecule is O=C(O)N1C[C@H](O)OCC1[C@@H](OCc1ccccc1)[C@H](Cc1cc(F)cc(F)c1)N(Cc1ccccc1)Cc1ccccc1. The maximum Gasteiger partial charge on any atom is 0.407 e. The molecule has 4 atom stereocenters. The van der Waals surface area contributed by atoms with Crippen molar-refractivity contribution in [3.63, 3.8) is 0 Å². The van der Waals surface area contributed by atoms with Gasteiger partial charge in [0.2, 0.25) is 0 Å². The zero-order chi connectivity index (χ0) is 30.9. The molecule has 0 radical (unpaired) electrons. The summed E-state index contributed by atoms with van der Waals surface area (Å²) in [6.07, 6.45) is -3.17. The highest BCUT2D eigenvalue weighted by molar-refractivity contribution is 5.65. The van der Waals surface area contributed by atoms with Crippen LogP contribution in [0.1, 0.15) is 22.3 Å². The van der Waals surface area contributed by atoms with E-state index in [2.05, 4.69) is 4.90 Å². The number of benzene rings is 4. The standard InChI is InChI=1S/C35H36F2N2O5/c36-29-16-28(17-30(37)19-29)18-31(38(20-25-10-4-1-5-11-25)21-26-12-6-2-7-13-26)34(44-23-27-14-8-3-9-15-27)32-24-43-33(40)22-39(32)35(41)42/h1-17,19,31-34,40H,18,20-24H2,(H,41,42)/t31-,32?,33+,34-/m0/s1. The molecular formula is C35H36F2N2O5. The quantitative estimate of drug-likeness (QED) is 0.211. The van der Waals surface area contributed by atoms with E-state index in [4.69, 9.17) is 9.47 Å². The summed E-state index contributed by atoms with van der Waals surface area (Å²) in [7, 11) is 0. The molecule has 1 heterocycles. The van der Waals surface area contributed by atoms with E-state index in [-0.39, 0.29) is 26.2 Å². The lowest BCUT2D eigenvalue weighted by Gasteiger charge is -2.45. The number of carboxylic acid groups (broad SMARTS) is 1. The third-order valence-corrected chi connectivity index (χ3v) is 7.80. The van der Waals surface area contributed by atoms with Crippen molar-refractivity contribution < 1.29 is 33.3 Å². The van der Waals surface area contributed by atoms with E-state index in [9.17, 15) is 23.8 Å². The van der Waals surface area contributed by atoms with Gasteiger partial charge in [0.05, 0.1) is 31.9 Å². The number of rotatable bonds is 12. The Morgan fingerprint density at radius 1 is 0.841 bits per heavy atom. The summed E-state index contributed by atoms with van der Waals surface area (Å²) in [5.41, 5.74) is 3.30. The number of amides is 1. The molecule has 1 saturated heterocycles. The summed E-state index contributed by atoms with van der Waals surface area (Å²) in [4.78, 5) is 15.8. The Balaban J connectivity index is 1.61. The van der Waals surface area contributed by atoms with Gasteiger partial charge in [-0.2, -0.15) is 0 Å². The van der Waals surface area contributed by atoms with Gasteiger partial charge in [-0.25, -0.2) is 13.6 Å². The summed E-state index contributed by atoms with van der Waals surface area (Å²) in [5, 5.41) is 20.4. The monoisotopic (exact) mass is 602 g/mol. The van der Waals surface area contributed by atoms with Crippen molar-refractivity contribution in [3.8, 4) is 0 Å². The van der Waals surface area contributed by atoms with E-state index in [1.807, 2.05) is 91.0 Å². The lowest BCUT2D eigenvalue weighted by Crippen LogP contribution is -2.62. The molecule has 1 aliphatic heterocycles. The molecule has 5 rings (SSSR count). The molecule has 9 heteroatoms. The van der Waals surface area contributed by atoms with Crippen LogP contribution >= 0.6 is 0 Å². The molecule has 44 heavy (non-hydrogen) atoms. The number of carbonyl (C=O) groups is 1. The van der Waals surface area contributed by atoms with Crippen LogP contribution in [0.4, 0.5) is 13.6 Å². The number of aliphatic hydroxyl groups excluding tert-OH is 1. The summed E-state index contributed by atoms with van der Waals surface area (Å²) in [6, 6.07) is 31.2. The van der Waals surface area contributed by atoms with Crippen LogP contribution in [0.15, 0.2) is 109 Å². The zero-order valence-electron chi connectivity index (χ0n) is 24.2. The number of morpholine rings is 1. The highest BCUT2D eigenvalue weighted by Crippen LogP contribution is 2.28. The number of hydrogen-bond acceptors (Lipinski definition) is 5. The predicted molar refractivity (Wildman–Crippen MR) is 161 cm³/mol. The largest absolute Gasteiger partial charge is 0.465 e. The Bertz CT molecular complexity index is 1420. The first-order valence-corrected chi connectivity index (χ1v) is 14.6. The Labute approximate surface area is 255 Å². The first-order valence-electron chi connectivity index (χ1n) is 14.6. The maximum absolute atomic E-state index is 14.5. The Hall–Kier alpha value is -4.15. The molecule has 0 spiro atoms. The molecule has 4 aromatic rings. The van der Waals surface area contributed by atoms with Gasteiger partial charge in [-0.1, -0.05) is 91.0 Å². The van der Waals surface area contributed by atoms with Gasteiger partial charge < -0.3 is 19.7 Å². The van der Waals surface area contributed by atoms with Crippen LogP contribution in [0.2, 0.25) is 0 Å². The van der Waals surface area contributed by atoms with Crippen molar-refractivity contribution in [3.05, 3.63) is 143 Å². The molecule has 230 valence electrons. The van der Waals surface area contributed by atoms with E-state index in [1.165, 1.54) is 12.1 Å². The van der Waals surface area contributed by atoms with Crippen molar-refractivity contribution in [1.29, 1.82) is 0 Å². The van der Waals surface area contributed by atoms with Gasteiger partial charge in [0.25, 0.3) is 0 Å². The molecule has 4 aromatic carbocycles. The number of halogens is 2. The highest BCUT2D eigenvalue weighted by atomic mass is 19.1. The minimum atomic E-state index is -1.28. The molecule has 0 aromatic heterocycles. The Morgan fingerprint density at radius 2 is 1.36 bits per heavy atom. The average Bonchev–Trinajstić information content (AvgIpc) is 3.02. The van der Waals surface area contributed by atoms with Crippen LogP contribution in [0.5, 0.6) is 0 Å². The fraction of sp³-hybridized carbons (Fsp3) is 0.286. The van der Waals surface area contributed by atoms with Crippen molar-refractivity contribution in [1.82, 2.24) is 9.80 Å². The average molecular weight is 603 g/mol. The van der Waals surface area contributed by atoms with Crippen LogP contribution in [-0.4, -0.2) is 63.7 Å². The fourth-order valence-corrected chi connectivity index (χ4v) is 5.74. The highest BCUT2D eigenvalue weighted by Gasteiger charge is 2.43. The smallest absolute Gasteiger partial charge is 0.407 e. The number of aliphatic hydroxyl groups is 1. The number of ether oxygens (including phenoxy) is 2. The van der Waals surface area contributed by atoms with E-state index >= 15 is 0 Å². The van der Waals surface area contributed by atoms with Crippen molar-refractivity contribution >= 4 is 6.09 Å². The molecule has 1 unspecified atom stereocenters. The minimum Gasteiger partial charge on any atom is -0.465 e. The maximum atomic E-state index is 14.5. The normalized spacial score (nSPS) is 18.2. The molecule has 1 amide bonds. The van der Waals surface area contributed by atoms with Crippen LogP contribution in [0.3, 0.4) is 0 Å². The first-order chi connectivity index (χ1) is 21.4. The van der Waals surface area contributed by atoms with Crippen LogP contribution in [0, 0.1) is 11.6 Å². The van der Waals surface area contributed by atoms with Gasteiger partial charge in [0, 0.05) is 25.2 Å². The second-order valence-electron chi connectivity index (χ2n) is 11.0. The molecule has 0 saturated carbocycles. The molecule has 0 bridgehead atoms. The van der Waals surface area contributed by atoms with Crippen LogP contribution in [0.25, 0.3) is 0 Å². The zero-order valence-corrected chi connectivity index (χ0v) is 24.2. The lowest BCUT2D eigenvalue weighted by molar-refractivity contribution is -0.187. The molecule has 7 nitrogen and oxygen atoms in total. The lowest BCUT2D eigenvalue weighted by atomic mass is 9.92. The molecule has 2 N–H and O–H groups in total. The molecular weight excluding hydrogens is 566 g/mol. The second kappa shape index (κ2) is 15.0. The third-order valence-electron chi connectivity index (χ3n) is 7.80. The predicted octanol–water partition coefficient (Wildman–Crippen LogP) is 5.86. The van der Waals surface area contributed by atoms with Gasteiger partial charge >= 0.3 is 6.09 Å². The first kappa shape index (κ1) is 31.3. The van der Waals surface area contributed by atoms with Crippen molar-refractivity contribution in [2.75, 3.05) is 13.2 Å². The Morgan fingerprint density at radius 3 is 1.89 bits per heavy atom. The van der Waals surface area contributed by atoms with Crippen LogP contribution < -0.4 is 0 Å². The van der Waals surface area contributed by atoms with Gasteiger partial charge in [-0.3, -0.25) is 9.80 Å². The summed E-state index contributed by atoms with van der Waals surface area (Å²) in [6.45, 7) is 0.686. The van der Waals surface area contributed by atoms with Crippen LogP contribution in [-0.2, 0) is 35.6 Å². The summed E-state index contributed by atoms with van der Waals surface area (Å²) >= 11 is 0. The minimum absolute atomic E-state index is 0.120. The molecule has 1 fully saturated rings. The van der Waals surface area contributed by atoms with E-state index in [0.29, 0.717) is 18.7 Å². The van der Waals surface area contributed by atoms with Gasteiger partial charge in [-0.15, -0.1) is 0 Å². The number of nitrogens with zero attached hydrogens (tertiary/aromatic N) is 2. The third kappa shape index (κ3) is 8.48. The molecule has 1 aliphatic rings. The van der Waals surface area contributed by atoms with E-state index in [0.717, 1.165) is 27.7 Å². The van der Waals surface area contributed by atoms with Crippen molar-refractivity contribution in [2.45, 2.75) is 50.6 Å². The Kier molecular flexibility index (Phi) is 10.7. The van der Waals surface area contributed by atoms with E-state index in [1.54, 1.807) is 0 Å². The molecule has 0 aliphatic carbocycles. The number of hydrogen-bond donors (Lipinski definition) is 2. The van der Waals surface area contributed by atoms with Crippen molar-refractivity contribution in [2.24, 2.45) is 0 Å². The van der Waals surface area contributed by atoms with E-state index < -0.39 is 42.2 Å². The van der Waals surface area contributed by atoms with Gasteiger partial charge in [0.1, 0.15) is 11.6 Å². The topological polar surface area (TPSA) is 82.5 Å². The fourth-order valence-electron chi connectivity index (χ4n) is 5.74.